The number of nitrogens with one attached hydrogen (secondary N) is 1. The van der Waals surface area contributed by atoms with Gasteiger partial charge in [-0.25, -0.2) is 4.98 Å². The molecule has 3 N–H and O–H groups in total. The molecule has 1 aromatic heterocycles. The molecule has 0 radical (unpaired) electrons. The zero-order chi connectivity index (χ0) is 10.6. The second-order valence-electron chi connectivity index (χ2n) is 3.03. The molecule has 1 aromatic rings. The largest absolute Gasteiger partial charge is 0.370 e. The monoisotopic (exact) mass is 193 g/mol. The molecule has 0 saturated heterocycles. The number of nitrogens with two attached hydrogens (primary N) is 1. The van der Waals surface area contributed by atoms with Crippen LogP contribution in [0.2, 0.25) is 0 Å². The number of rotatable bonds is 2. The number of hydrogen-bond acceptors (Lipinski definition) is 3. The third-order valence-corrected chi connectivity index (χ3v) is 1.72. The topological polar surface area (TPSA) is 66.5 Å². The van der Waals surface area contributed by atoms with E-state index in [4.69, 9.17) is 5.73 Å². The van der Waals surface area contributed by atoms with E-state index < -0.39 is 0 Å². The number of anilines is 2. The fraction of sp³-hybridized carbons (Fsp3) is 0.333. The maximum absolute atomic E-state index is 5.50. The number of aliphatic imine (C=N–C) groups is 1. The Labute approximate surface area is 83.7 Å². The maximum Gasteiger partial charge on any atom is 0.192 e. The van der Waals surface area contributed by atoms with Crippen molar-refractivity contribution in [3.63, 3.8) is 0 Å². The molecule has 0 aliphatic rings. The minimum Gasteiger partial charge on any atom is -0.370 e. The highest BCUT2D eigenvalue weighted by Crippen LogP contribution is 2.10. The van der Waals surface area contributed by atoms with Crippen molar-refractivity contribution >= 4 is 17.5 Å². The molecular formula is C9H15N5. The third-order valence-electron chi connectivity index (χ3n) is 1.72. The molecule has 14 heavy (non-hydrogen) atoms. The number of pyridine rings is 1. The van der Waals surface area contributed by atoms with Gasteiger partial charge in [0.2, 0.25) is 0 Å². The highest BCUT2D eigenvalue weighted by molar-refractivity contribution is 5.91. The van der Waals surface area contributed by atoms with Crippen LogP contribution in [0, 0.1) is 0 Å². The van der Waals surface area contributed by atoms with E-state index in [1.165, 1.54) is 0 Å². The Morgan fingerprint density at radius 3 is 2.64 bits per heavy atom. The minimum atomic E-state index is 0.379. The first-order valence-corrected chi connectivity index (χ1v) is 4.26. The fourth-order valence-electron chi connectivity index (χ4n) is 0.928. The standard InChI is InChI=1S/C9H15N5/c1-11-9(10)13-7-4-5-8(12-6-7)14(2)3/h4-6H,1-3H3,(H3,10,11,13). The zero-order valence-electron chi connectivity index (χ0n) is 8.65. The number of guanidine groups is 1. The minimum absolute atomic E-state index is 0.379. The zero-order valence-corrected chi connectivity index (χ0v) is 8.65. The van der Waals surface area contributed by atoms with Gasteiger partial charge in [0.05, 0.1) is 11.9 Å². The average Bonchev–Trinajstić information content (AvgIpc) is 2.18. The van der Waals surface area contributed by atoms with Crippen molar-refractivity contribution in [3.8, 4) is 0 Å². The average molecular weight is 193 g/mol. The number of hydrogen-bond donors (Lipinski definition) is 2. The summed E-state index contributed by atoms with van der Waals surface area (Å²) in [7, 11) is 5.51. The first-order valence-electron chi connectivity index (χ1n) is 4.26. The Balaban J connectivity index is 2.74. The second-order valence-corrected chi connectivity index (χ2v) is 3.03. The molecule has 0 aromatic carbocycles. The normalized spacial score (nSPS) is 11.2. The molecule has 0 aliphatic carbocycles. The predicted molar refractivity (Wildman–Crippen MR) is 59.7 cm³/mol. The van der Waals surface area contributed by atoms with Crippen LogP contribution in [-0.4, -0.2) is 32.1 Å². The third kappa shape index (κ3) is 2.62. The van der Waals surface area contributed by atoms with Crippen molar-refractivity contribution in [1.29, 1.82) is 0 Å². The van der Waals surface area contributed by atoms with Crippen molar-refractivity contribution in [2.45, 2.75) is 0 Å². The van der Waals surface area contributed by atoms with Crippen LogP contribution >= 0.6 is 0 Å². The molecule has 0 aliphatic heterocycles. The Morgan fingerprint density at radius 2 is 2.21 bits per heavy atom. The summed E-state index contributed by atoms with van der Waals surface area (Å²) in [5.74, 6) is 1.28. The van der Waals surface area contributed by atoms with Gasteiger partial charge in [0.15, 0.2) is 5.96 Å². The lowest BCUT2D eigenvalue weighted by molar-refractivity contribution is 1.07. The van der Waals surface area contributed by atoms with E-state index in [9.17, 15) is 0 Å². The van der Waals surface area contributed by atoms with Crippen molar-refractivity contribution in [2.75, 3.05) is 31.4 Å². The van der Waals surface area contributed by atoms with Gasteiger partial charge in [-0.3, -0.25) is 4.99 Å². The first-order chi connectivity index (χ1) is 6.63. The van der Waals surface area contributed by atoms with Gasteiger partial charge in [-0.1, -0.05) is 0 Å². The van der Waals surface area contributed by atoms with Crippen molar-refractivity contribution in [1.82, 2.24) is 4.98 Å². The lowest BCUT2D eigenvalue weighted by atomic mass is 10.4. The van der Waals surface area contributed by atoms with E-state index in [0.717, 1.165) is 11.5 Å². The quantitative estimate of drug-likeness (QED) is 0.530. The molecule has 1 rings (SSSR count). The molecule has 0 saturated carbocycles. The lowest BCUT2D eigenvalue weighted by Crippen LogP contribution is -2.22. The van der Waals surface area contributed by atoms with Crippen LogP contribution in [0.25, 0.3) is 0 Å². The van der Waals surface area contributed by atoms with E-state index in [-0.39, 0.29) is 0 Å². The number of aromatic nitrogens is 1. The van der Waals surface area contributed by atoms with Crippen LogP contribution in [0.3, 0.4) is 0 Å². The highest BCUT2D eigenvalue weighted by Gasteiger charge is 1.97. The summed E-state index contributed by atoms with van der Waals surface area (Å²) in [4.78, 5) is 9.94. The van der Waals surface area contributed by atoms with Crippen LogP contribution < -0.4 is 16.0 Å². The molecule has 5 nitrogen and oxygen atoms in total. The van der Waals surface area contributed by atoms with E-state index >= 15 is 0 Å². The molecular weight excluding hydrogens is 178 g/mol. The Morgan fingerprint density at radius 1 is 1.50 bits per heavy atom. The second kappa shape index (κ2) is 4.45. The predicted octanol–water partition coefficient (Wildman–Crippen LogP) is 0.504. The van der Waals surface area contributed by atoms with Gasteiger partial charge in [0.25, 0.3) is 0 Å². The molecule has 1 heterocycles. The molecule has 0 spiro atoms. The molecule has 0 fully saturated rings. The van der Waals surface area contributed by atoms with Gasteiger partial charge in [-0.15, -0.1) is 0 Å². The van der Waals surface area contributed by atoms with Crippen molar-refractivity contribution < 1.29 is 0 Å². The SMILES string of the molecule is CN=C(N)Nc1ccc(N(C)C)nc1. The summed E-state index contributed by atoms with van der Waals surface area (Å²) in [5.41, 5.74) is 6.34. The first kappa shape index (κ1) is 10.3. The van der Waals surface area contributed by atoms with E-state index in [0.29, 0.717) is 5.96 Å². The van der Waals surface area contributed by atoms with Gasteiger partial charge in [-0.2, -0.15) is 0 Å². The Kier molecular flexibility index (Phi) is 3.28. The van der Waals surface area contributed by atoms with Crippen molar-refractivity contribution in [3.05, 3.63) is 18.3 Å². The molecule has 0 atom stereocenters. The van der Waals surface area contributed by atoms with Crippen LogP contribution in [0.15, 0.2) is 23.3 Å². The lowest BCUT2D eigenvalue weighted by Gasteiger charge is -2.11. The van der Waals surface area contributed by atoms with Gasteiger partial charge in [0, 0.05) is 21.1 Å². The van der Waals surface area contributed by atoms with E-state index in [1.54, 1.807) is 13.2 Å². The van der Waals surface area contributed by atoms with Gasteiger partial charge in [0.1, 0.15) is 5.82 Å². The van der Waals surface area contributed by atoms with Crippen LogP contribution in [0.4, 0.5) is 11.5 Å². The van der Waals surface area contributed by atoms with Gasteiger partial charge < -0.3 is 16.0 Å². The Bertz CT molecular complexity index is 314. The van der Waals surface area contributed by atoms with Crippen molar-refractivity contribution in [2.24, 2.45) is 10.7 Å². The fourth-order valence-corrected chi connectivity index (χ4v) is 0.928. The summed E-state index contributed by atoms with van der Waals surface area (Å²) < 4.78 is 0. The summed E-state index contributed by atoms with van der Waals surface area (Å²) in [6, 6.07) is 3.81. The molecule has 0 unspecified atom stereocenters. The van der Waals surface area contributed by atoms with Gasteiger partial charge >= 0.3 is 0 Å². The van der Waals surface area contributed by atoms with Crippen LogP contribution in [0.1, 0.15) is 0 Å². The highest BCUT2D eigenvalue weighted by atomic mass is 15.1. The molecule has 0 amide bonds. The molecule has 0 bridgehead atoms. The van der Waals surface area contributed by atoms with Crippen LogP contribution in [-0.2, 0) is 0 Å². The molecule has 76 valence electrons. The summed E-state index contributed by atoms with van der Waals surface area (Å²) >= 11 is 0. The van der Waals surface area contributed by atoms with Gasteiger partial charge in [-0.05, 0) is 12.1 Å². The Hall–Kier alpha value is -1.78. The smallest absolute Gasteiger partial charge is 0.192 e. The van der Waals surface area contributed by atoms with Crippen LogP contribution in [0.5, 0.6) is 0 Å². The van der Waals surface area contributed by atoms with E-state index in [1.807, 2.05) is 31.1 Å². The van der Waals surface area contributed by atoms with E-state index in [2.05, 4.69) is 15.3 Å². The summed E-state index contributed by atoms with van der Waals surface area (Å²) in [6.45, 7) is 0. The maximum atomic E-state index is 5.50. The number of nitrogens with zero attached hydrogens (tertiary/aromatic N) is 3. The summed E-state index contributed by atoms with van der Waals surface area (Å²) in [5, 5.41) is 2.90. The summed E-state index contributed by atoms with van der Waals surface area (Å²) in [6.07, 6.45) is 1.72. The molecule has 5 heteroatoms.